The van der Waals surface area contributed by atoms with Crippen LogP contribution in [-0.2, 0) is 17.8 Å². The first-order valence-corrected chi connectivity index (χ1v) is 13.2. The Bertz CT molecular complexity index is 1030. The van der Waals surface area contributed by atoms with Crippen molar-refractivity contribution in [3.8, 4) is 0 Å². The van der Waals surface area contributed by atoms with E-state index in [1.165, 1.54) is 11.1 Å². The number of amides is 2. The molecule has 2 aliphatic heterocycles. The summed E-state index contributed by atoms with van der Waals surface area (Å²) < 4.78 is 0. The van der Waals surface area contributed by atoms with Crippen molar-refractivity contribution in [3.63, 3.8) is 0 Å². The summed E-state index contributed by atoms with van der Waals surface area (Å²) in [5, 5.41) is 10.2. The summed E-state index contributed by atoms with van der Waals surface area (Å²) >= 11 is 0. The van der Waals surface area contributed by atoms with E-state index in [4.69, 9.17) is 0 Å². The van der Waals surface area contributed by atoms with Crippen LogP contribution in [0.25, 0.3) is 0 Å². The quantitative estimate of drug-likeness (QED) is 0.499. The lowest BCUT2D eigenvalue weighted by Gasteiger charge is -2.33. The first kappa shape index (κ1) is 26.1. The Kier molecular flexibility index (Phi) is 8.93. The van der Waals surface area contributed by atoms with E-state index in [-0.39, 0.29) is 23.9 Å². The van der Waals surface area contributed by atoms with Crippen LogP contribution in [0.1, 0.15) is 55.1 Å². The van der Waals surface area contributed by atoms with Crippen molar-refractivity contribution in [1.82, 2.24) is 25.4 Å². The molecule has 1 unspecified atom stereocenters. The van der Waals surface area contributed by atoms with Gasteiger partial charge in [0.05, 0.1) is 0 Å². The molecule has 3 heterocycles. The number of rotatable bonds is 9. The SMILES string of the molecule is CC(=O)N1CCC(Nc2cc(C(=O)NCC(CN3CCc4ccccc4C3)NC(C)C)ccn2)CC1. The topological polar surface area (TPSA) is 89.6 Å². The van der Waals surface area contributed by atoms with Crippen LogP contribution in [0.4, 0.5) is 5.82 Å². The maximum Gasteiger partial charge on any atom is 0.251 e. The summed E-state index contributed by atoms with van der Waals surface area (Å²) in [4.78, 5) is 33.3. The zero-order valence-electron chi connectivity index (χ0n) is 21.8. The fourth-order valence-corrected chi connectivity index (χ4v) is 5.19. The van der Waals surface area contributed by atoms with Crippen molar-refractivity contribution in [1.29, 1.82) is 0 Å². The molecule has 3 N–H and O–H groups in total. The van der Waals surface area contributed by atoms with Crippen LogP contribution < -0.4 is 16.0 Å². The number of anilines is 1. The van der Waals surface area contributed by atoms with Gasteiger partial charge in [-0.3, -0.25) is 14.5 Å². The number of hydrogen-bond acceptors (Lipinski definition) is 6. The lowest BCUT2D eigenvalue weighted by Crippen LogP contribution is -2.50. The molecule has 194 valence electrons. The van der Waals surface area contributed by atoms with E-state index in [1.807, 2.05) is 11.0 Å². The molecule has 2 aromatic rings. The number of aromatic nitrogens is 1. The van der Waals surface area contributed by atoms with E-state index in [1.54, 1.807) is 19.2 Å². The smallest absolute Gasteiger partial charge is 0.251 e. The van der Waals surface area contributed by atoms with Gasteiger partial charge in [-0.15, -0.1) is 0 Å². The van der Waals surface area contributed by atoms with Gasteiger partial charge in [0, 0.05) is 76.1 Å². The molecule has 4 rings (SSSR count). The van der Waals surface area contributed by atoms with Crippen LogP contribution in [0, 0.1) is 0 Å². The zero-order chi connectivity index (χ0) is 25.5. The molecule has 8 nitrogen and oxygen atoms in total. The molecule has 0 radical (unpaired) electrons. The van der Waals surface area contributed by atoms with Gasteiger partial charge in [-0.05, 0) is 42.5 Å². The van der Waals surface area contributed by atoms with Gasteiger partial charge in [0.15, 0.2) is 0 Å². The van der Waals surface area contributed by atoms with E-state index in [2.05, 4.69) is 63.9 Å². The van der Waals surface area contributed by atoms with Crippen LogP contribution in [0.2, 0.25) is 0 Å². The Morgan fingerprint density at radius 1 is 1.08 bits per heavy atom. The Hall–Kier alpha value is -2.97. The molecule has 1 fully saturated rings. The summed E-state index contributed by atoms with van der Waals surface area (Å²) in [5.74, 6) is 0.736. The van der Waals surface area contributed by atoms with Crippen LogP contribution in [0.5, 0.6) is 0 Å². The Labute approximate surface area is 214 Å². The van der Waals surface area contributed by atoms with Gasteiger partial charge in [-0.1, -0.05) is 38.1 Å². The van der Waals surface area contributed by atoms with Gasteiger partial charge in [0.1, 0.15) is 5.82 Å². The highest BCUT2D eigenvalue weighted by Crippen LogP contribution is 2.19. The van der Waals surface area contributed by atoms with Gasteiger partial charge in [-0.2, -0.15) is 0 Å². The van der Waals surface area contributed by atoms with Crippen molar-refractivity contribution >= 4 is 17.6 Å². The minimum absolute atomic E-state index is 0.0913. The van der Waals surface area contributed by atoms with Crippen molar-refractivity contribution in [3.05, 3.63) is 59.3 Å². The molecule has 2 aliphatic rings. The number of nitrogens with zero attached hydrogens (tertiary/aromatic N) is 3. The number of hydrogen-bond donors (Lipinski definition) is 3. The molecule has 1 aromatic heterocycles. The van der Waals surface area contributed by atoms with Crippen molar-refractivity contribution in [2.75, 3.05) is 38.0 Å². The number of carbonyl (C=O) groups excluding carboxylic acids is 2. The Balaban J connectivity index is 1.30. The number of carbonyl (C=O) groups is 2. The van der Waals surface area contributed by atoms with Crippen molar-refractivity contribution in [2.24, 2.45) is 0 Å². The third-order valence-corrected chi connectivity index (χ3v) is 7.08. The molecule has 0 saturated carbocycles. The second-order valence-corrected chi connectivity index (χ2v) is 10.3. The zero-order valence-corrected chi connectivity index (χ0v) is 21.8. The average molecular weight is 493 g/mol. The highest BCUT2D eigenvalue weighted by Gasteiger charge is 2.22. The summed E-state index contributed by atoms with van der Waals surface area (Å²) in [6, 6.07) is 13.0. The first-order chi connectivity index (χ1) is 17.4. The summed E-state index contributed by atoms with van der Waals surface area (Å²) in [5.41, 5.74) is 3.45. The van der Waals surface area contributed by atoms with Gasteiger partial charge in [0.2, 0.25) is 5.91 Å². The third kappa shape index (κ3) is 7.27. The monoisotopic (exact) mass is 492 g/mol. The number of piperidine rings is 1. The van der Waals surface area contributed by atoms with Gasteiger partial charge in [0.25, 0.3) is 5.91 Å². The molecule has 0 bridgehead atoms. The second kappa shape index (κ2) is 12.3. The number of benzene rings is 1. The van der Waals surface area contributed by atoms with Gasteiger partial charge < -0.3 is 20.9 Å². The number of nitrogens with one attached hydrogen (secondary N) is 3. The standard InChI is InChI=1S/C28H40N6O2/c1-20(2)31-26(19-33-13-9-22-6-4-5-7-24(22)18-33)17-30-28(36)23-8-12-29-27(16-23)32-25-10-14-34(15-11-25)21(3)35/h4-8,12,16,20,25-26,31H,9-11,13-15,17-19H2,1-3H3,(H,29,32)(H,30,36). The van der Waals surface area contributed by atoms with Crippen molar-refractivity contribution < 1.29 is 9.59 Å². The average Bonchev–Trinajstić information content (AvgIpc) is 2.87. The molecule has 8 heteroatoms. The van der Waals surface area contributed by atoms with Crippen LogP contribution in [-0.4, -0.2) is 77.4 Å². The van der Waals surface area contributed by atoms with E-state index < -0.39 is 0 Å². The summed E-state index contributed by atoms with van der Waals surface area (Å²) in [6.07, 6.45) is 4.50. The predicted molar refractivity (Wildman–Crippen MR) is 143 cm³/mol. The van der Waals surface area contributed by atoms with E-state index in [9.17, 15) is 9.59 Å². The number of fused-ring (bicyclic) bond motifs is 1. The first-order valence-electron chi connectivity index (χ1n) is 13.2. The van der Waals surface area contributed by atoms with Crippen LogP contribution in [0.3, 0.4) is 0 Å². The predicted octanol–water partition coefficient (Wildman–Crippen LogP) is 2.66. The largest absolute Gasteiger partial charge is 0.367 e. The highest BCUT2D eigenvalue weighted by atomic mass is 16.2. The minimum Gasteiger partial charge on any atom is -0.367 e. The fraction of sp³-hybridized carbons (Fsp3) is 0.536. The second-order valence-electron chi connectivity index (χ2n) is 10.3. The Morgan fingerprint density at radius 2 is 1.83 bits per heavy atom. The maximum atomic E-state index is 13.0. The lowest BCUT2D eigenvalue weighted by atomic mass is 9.99. The molecular weight excluding hydrogens is 452 g/mol. The van der Waals surface area contributed by atoms with Crippen molar-refractivity contribution in [2.45, 2.75) is 64.7 Å². The Morgan fingerprint density at radius 3 is 2.56 bits per heavy atom. The maximum absolute atomic E-state index is 13.0. The molecule has 1 aromatic carbocycles. The third-order valence-electron chi connectivity index (χ3n) is 7.08. The van der Waals surface area contributed by atoms with Crippen LogP contribution in [0.15, 0.2) is 42.6 Å². The van der Waals surface area contributed by atoms with E-state index in [0.29, 0.717) is 24.0 Å². The highest BCUT2D eigenvalue weighted by molar-refractivity contribution is 5.94. The number of pyridine rings is 1. The molecule has 1 saturated heterocycles. The molecule has 1 atom stereocenters. The van der Waals surface area contributed by atoms with Crippen LogP contribution >= 0.6 is 0 Å². The van der Waals surface area contributed by atoms with E-state index in [0.717, 1.165) is 52.0 Å². The summed E-state index contributed by atoms with van der Waals surface area (Å²) in [6.45, 7) is 10.8. The molecule has 2 amide bonds. The summed E-state index contributed by atoms with van der Waals surface area (Å²) in [7, 11) is 0. The van der Waals surface area contributed by atoms with E-state index >= 15 is 0 Å². The normalized spacial score (nSPS) is 17.5. The number of likely N-dealkylation sites (tertiary alicyclic amines) is 1. The van der Waals surface area contributed by atoms with Gasteiger partial charge >= 0.3 is 0 Å². The minimum atomic E-state index is -0.0913. The lowest BCUT2D eigenvalue weighted by molar-refractivity contribution is -0.129. The van der Waals surface area contributed by atoms with Gasteiger partial charge in [-0.25, -0.2) is 4.98 Å². The fourth-order valence-electron chi connectivity index (χ4n) is 5.19. The molecule has 0 aliphatic carbocycles. The molecule has 36 heavy (non-hydrogen) atoms. The molecule has 0 spiro atoms. The molecular formula is C28H40N6O2.